The van der Waals surface area contributed by atoms with Crippen LogP contribution in [0.25, 0.3) is 0 Å². The topological polar surface area (TPSA) is 97.0 Å². The highest BCUT2D eigenvalue weighted by Crippen LogP contribution is 2.46. The van der Waals surface area contributed by atoms with Crippen LogP contribution in [0.5, 0.6) is 0 Å². The smallest absolute Gasteiger partial charge is 0.408 e. The zero-order valence-corrected chi connectivity index (χ0v) is 25.9. The Kier molecular flexibility index (Phi) is 9.53. The highest BCUT2D eigenvalue weighted by Gasteiger charge is 2.46. The van der Waals surface area contributed by atoms with Gasteiger partial charge in [0.1, 0.15) is 18.2 Å². The van der Waals surface area contributed by atoms with E-state index < -0.39 is 23.8 Å². The van der Waals surface area contributed by atoms with Crippen molar-refractivity contribution in [1.29, 1.82) is 0 Å². The molecule has 3 aromatic rings. The van der Waals surface area contributed by atoms with Crippen molar-refractivity contribution in [2.45, 2.75) is 82.7 Å². The number of benzene rings is 1. The Morgan fingerprint density at radius 1 is 0.929 bits per heavy atom. The van der Waals surface area contributed by atoms with Gasteiger partial charge in [0.05, 0.1) is 0 Å². The Balaban J connectivity index is 1.32. The summed E-state index contributed by atoms with van der Waals surface area (Å²) in [5.41, 5.74) is 0.309. The zero-order valence-electron chi connectivity index (χ0n) is 24.3. The van der Waals surface area contributed by atoms with Crippen molar-refractivity contribution in [2.75, 3.05) is 6.54 Å². The molecule has 2 fully saturated rings. The quantitative estimate of drug-likeness (QED) is 0.303. The number of nitrogens with zero attached hydrogens (tertiary/aromatic N) is 1. The molecule has 4 atom stereocenters. The summed E-state index contributed by atoms with van der Waals surface area (Å²) in [7, 11) is 0. The van der Waals surface area contributed by atoms with Crippen LogP contribution >= 0.6 is 22.7 Å². The third-order valence-electron chi connectivity index (χ3n) is 7.86. The van der Waals surface area contributed by atoms with Gasteiger partial charge in [0.25, 0.3) is 0 Å². The minimum atomic E-state index is -0.617. The number of likely N-dealkylation sites (tertiary alicyclic amines) is 1. The number of alkyl carbamates (subject to hydrolysis) is 2. The molecule has 0 bridgehead atoms. The fourth-order valence-corrected chi connectivity index (χ4v) is 8.03. The molecule has 0 radical (unpaired) electrons. The molecule has 1 aromatic carbocycles. The Morgan fingerprint density at radius 3 is 2.24 bits per heavy atom. The number of carbonyl (C=O) groups is 3. The minimum Gasteiger partial charge on any atom is -0.445 e. The predicted octanol–water partition coefficient (Wildman–Crippen LogP) is 6.53. The number of thiophene rings is 2. The monoisotopic (exact) mass is 609 g/mol. The van der Waals surface area contributed by atoms with Gasteiger partial charge in [-0.1, -0.05) is 42.5 Å². The van der Waals surface area contributed by atoms with Crippen LogP contribution in [-0.4, -0.2) is 53.3 Å². The SMILES string of the molecule is CC(C)(C)OC(=O)N[C@@H]1CC[C@H](N2CC[C@H](NC(=O)OCc3ccccc3)C2=O)[C@@H](C(c2cccs2)c2cccs2)C1. The summed E-state index contributed by atoms with van der Waals surface area (Å²) in [5, 5.41) is 10.1. The molecule has 0 spiro atoms. The number of carbonyl (C=O) groups excluding carboxylic acids is 3. The molecule has 0 unspecified atom stereocenters. The summed E-state index contributed by atoms with van der Waals surface area (Å²) in [4.78, 5) is 43.5. The van der Waals surface area contributed by atoms with Crippen LogP contribution in [-0.2, 0) is 20.9 Å². The lowest BCUT2D eigenvalue weighted by Crippen LogP contribution is -2.53. The van der Waals surface area contributed by atoms with Crippen LogP contribution < -0.4 is 10.6 Å². The number of nitrogens with one attached hydrogen (secondary N) is 2. The maximum Gasteiger partial charge on any atom is 0.408 e. The van der Waals surface area contributed by atoms with E-state index in [0.717, 1.165) is 18.4 Å². The van der Waals surface area contributed by atoms with Gasteiger partial charge in [-0.2, -0.15) is 0 Å². The van der Waals surface area contributed by atoms with E-state index in [9.17, 15) is 14.4 Å². The number of rotatable bonds is 8. The molecule has 5 rings (SSSR count). The lowest BCUT2D eigenvalue weighted by molar-refractivity contribution is -0.133. The van der Waals surface area contributed by atoms with E-state index in [1.807, 2.05) is 56.0 Å². The van der Waals surface area contributed by atoms with Crippen molar-refractivity contribution in [1.82, 2.24) is 15.5 Å². The maximum atomic E-state index is 13.7. The highest BCUT2D eigenvalue weighted by atomic mass is 32.1. The summed E-state index contributed by atoms with van der Waals surface area (Å²) in [6.45, 7) is 6.29. The summed E-state index contributed by atoms with van der Waals surface area (Å²) >= 11 is 3.44. The molecule has 8 nitrogen and oxygen atoms in total. The normalized spacial score (nSPS) is 22.7. The first-order valence-corrected chi connectivity index (χ1v) is 16.3. The molecule has 224 valence electrons. The molecular weight excluding hydrogens is 571 g/mol. The number of hydrogen-bond donors (Lipinski definition) is 2. The van der Waals surface area contributed by atoms with Crippen LogP contribution in [0.1, 0.15) is 67.7 Å². The van der Waals surface area contributed by atoms with Crippen LogP contribution in [0.15, 0.2) is 65.4 Å². The Morgan fingerprint density at radius 2 is 1.62 bits per heavy atom. The van der Waals surface area contributed by atoms with Crippen LogP contribution in [0, 0.1) is 5.92 Å². The zero-order chi connectivity index (χ0) is 29.7. The predicted molar refractivity (Wildman–Crippen MR) is 165 cm³/mol. The molecule has 3 amide bonds. The van der Waals surface area contributed by atoms with E-state index in [2.05, 4.69) is 45.7 Å². The van der Waals surface area contributed by atoms with Gasteiger partial charge < -0.3 is 25.0 Å². The largest absolute Gasteiger partial charge is 0.445 e. The van der Waals surface area contributed by atoms with Gasteiger partial charge in [0, 0.05) is 34.3 Å². The third kappa shape index (κ3) is 7.52. The van der Waals surface area contributed by atoms with Gasteiger partial charge in [-0.3, -0.25) is 4.79 Å². The van der Waals surface area contributed by atoms with Gasteiger partial charge in [0.2, 0.25) is 5.91 Å². The second kappa shape index (κ2) is 13.3. The Bertz CT molecular complexity index is 1290. The fourth-order valence-electron chi connectivity index (χ4n) is 6.11. The highest BCUT2D eigenvalue weighted by molar-refractivity contribution is 7.11. The van der Waals surface area contributed by atoms with E-state index in [1.165, 1.54) is 9.75 Å². The average Bonchev–Trinajstić information content (AvgIpc) is 3.73. The van der Waals surface area contributed by atoms with E-state index in [-0.39, 0.29) is 36.4 Å². The lowest BCUT2D eigenvalue weighted by Gasteiger charge is -2.44. The molecule has 2 aliphatic rings. The molecule has 42 heavy (non-hydrogen) atoms. The van der Waals surface area contributed by atoms with E-state index in [4.69, 9.17) is 9.47 Å². The second-order valence-electron chi connectivity index (χ2n) is 12.0. The van der Waals surface area contributed by atoms with Gasteiger partial charge in [0.15, 0.2) is 0 Å². The first-order chi connectivity index (χ1) is 20.2. The summed E-state index contributed by atoms with van der Waals surface area (Å²) in [6.07, 6.45) is 1.73. The number of ether oxygens (including phenoxy) is 2. The molecule has 10 heteroatoms. The fraction of sp³-hybridized carbons (Fsp3) is 0.469. The summed E-state index contributed by atoms with van der Waals surface area (Å²) in [6, 6.07) is 17.2. The van der Waals surface area contributed by atoms with Crippen LogP contribution in [0.4, 0.5) is 9.59 Å². The standard InChI is InChI=1S/C32H39N3O5S2/c1-32(2,3)40-31(38)33-22-13-14-25(23(19-22)28(26-11-7-17-41-26)27-12-8-18-42-27)35-16-15-24(29(35)36)34-30(37)39-20-21-9-5-4-6-10-21/h4-12,17-18,22-25,28H,13-16,19-20H2,1-3H3,(H,33,38)(H,34,37)/t22-,23+,24+,25+/m1/s1. The molecule has 1 saturated carbocycles. The van der Waals surface area contributed by atoms with Gasteiger partial charge in [-0.15, -0.1) is 22.7 Å². The molecule has 1 saturated heterocycles. The van der Waals surface area contributed by atoms with Gasteiger partial charge >= 0.3 is 12.2 Å². The Hall–Kier alpha value is -3.37. The van der Waals surface area contributed by atoms with Gasteiger partial charge in [-0.05, 0) is 80.8 Å². The van der Waals surface area contributed by atoms with Crippen molar-refractivity contribution in [3.05, 3.63) is 80.7 Å². The molecule has 3 heterocycles. The first-order valence-electron chi connectivity index (χ1n) is 14.5. The number of hydrogen-bond acceptors (Lipinski definition) is 7. The van der Waals surface area contributed by atoms with E-state index in [1.54, 1.807) is 22.7 Å². The van der Waals surface area contributed by atoms with Crippen molar-refractivity contribution >= 4 is 40.8 Å². The summed E-state index contributed by atoms with van der Waals surface area (Å²) in [5.74, 6) is 0.0916. The Labute approximate surface area is 255 Å². The van der Waals surface area contributed by atoms with Crippen molar-refractivity contribution in [3.8, 4) is 0 Å². The van der Waals surface area contributed by atoms with Gasteiger partial charge in [-0.25, -0.2) is 9.59 Å². The van der Waals surface area contributed by atoms with E-state index in [0.29, 0.717) is 19.4 Å². The van der Waals surface area contributed by atoms with Crippen molar-refractivity contribution in [3.63, 3.8) is 0 Å². The lowest BCUT2D eigenvalue weighted by atomic mass is 9.72. The molecular formula is C32H39N3O5S2. The second-order valence-corrected chi connectivity index (χ2v) is 13.9. The first kappa shape index (κ1) is 30.1. The van der Waals surface area contributed by atoms with Crippen LogP contribution in [0.2, 0.25) is 0 Å². The molecule has 2 N–H and O–H groups in total. The van der Waals surface area contributed by atoms with Crippen molar-refractivity contribution in [2.24, 2.45) is 5.92 Å². The van der Waals surface area contributed by atoms with Crippen molar-refractivity contribution < 1.29 is 23.9 Å². The molecule has 1 aliphatic heterocycles. The molecule has 2 aromatic heterocycles. The number of amides is 3. The maximum absolute atomic E-state index is 13.7. The third-order valence-corrected chi connectivity index (χ3v) is 9.77. The van der Waals surface area contributed by atoms with E-state index >= 15 is 0 Å². The molecule has 1 aliphatic carbocycles. The minimum absolute atomic E-state index is 0.0319. The van der Waals surface area contributed by atoms with Crippen LogP contribution in [0.3, 0.4) is 0 Å². The summed E-state index contributed by atoms with van der Waals surface area (Å²) < 4.78 is 11.0. The average molecular weight is 610 g/mol.